The van der Waals surface area contributed by atoms with Crippen LogP contribution in [0.1, 0.15) is 24.1 Å². The highest BCUT2D eigenvalue weighted by Gasteiger charge is 2.15. The molecule has 35 heavy (non-hydrogen) atoms. The van der Waals surface area contributed by atoms with Crippen molar-refractivity contribution in [1.82, 2.24) is 20.0 Å². The van der Waals surface area contributed by atoms with Crippen molar-refractivity contribution in [2.45, 2.75) is 32.4 Å². The zero-order chi connectivity index (χ0) is 24.0. The van der Waals surface area contributed by atoms with Gasteiger partial charge in [-0.3, -0.25) is 9.59 Å². The fourth-order valence-corrected chi connectivity index (χ4v) is 4.71. The first-order valence-corrected chi connectivity index (χ1v) is 12.3. The van der Waals surface area contributed by atoms with Gasteiger partial charge in [-0.05, 0) is 48.7 Å². The van der Waals surface area contributed by atoms with Crippen molar-refractivity contribution in [1.29, 1.82) is 0 Å². The molecule has 4 aromatic rings. The first kappa shape index (κ1) is 23.0. The smallest absolute Gasteiger partial charge is 0.274 e. The molecular formula is C29H30N4O2. The number of rotatable bonds is 8. The summed E-state index contributed by atoms with van der Waals surface area (Å²) >= 11 is 0. The zero-order valence-corrected chi connectivity index (χ0v) is 19.8. The molecule has 0 spiro atoms. The minimum atomic E-state index is -0.0756. The molecule has 6 heteroatoms. The second-order valence-corrected chi connectivity index (χ2v) is 9.09. The van der Waals surface area contributed by atoms with Crippen LogP contribution >= 0.6 is 0 Å². The van der Waals surface area contributed by atoms with E-state index in [1.54, 1.807) is 4.68 Å². The molecular weight excluding hydrogens is 436 g/mol. The van der Waals surface area contributed by atoms with E-state index >= 15 is 0 Å². The maximum Gasteiger partial charge on any atom is 0.274 e. The Bertz CT molecular complexity index is 1360. The second-order valence-electron chi connectivity index (χ2n) is 9.09. The molecule has 1 aromatic heterocycles. The van der Waals surface area contributed by atoms with E-state index in [4.69, 9.17) is 0 Å². The van der Waals surface area contributed by atoms with Gasteiger partial charge in [0.25, 0.3) is 5.56 Å². The molecule has 5 rings (SSSR count). The third-order valence-electron chi connectivity index (χ3n) is 6.65. The number of carbonyl (C=O) groups excluding carboxylic acids is 1. The topological polar surface area (TPSA) is 67.2 Å². The average molecular weight is 467 g/mol. The van der Waals surface area contributed by atoms with Gasteiger partial charge >= 0.3 is 0 Å². The van der Waals surface area contributed by atoms with E-state index in [1.807, 2.05) is 66.7 Å². The lowest BCUT2D eigenvalue weighted by atomic mass is 10.0. The molecule has 1 aliphatic heterocycles. The Morgan fingerprint density at radius 2 is 1.46 bits per heavy atom. The molecule has 1 fully saturated rings. The molecule has 0 unspecified atom stereocenters. The van der Waals surface area contributed by atoms with Crippen LogP contribution in [-0.2, 0) is 24.3 Å². The number of benzene rings is 3. The van der Waals surface area contributed by atoms with Crippen LogP contribution in [0.2, 0.25) is 0 Å². The normalized spacial score (nSPS) is 13.8. The van der Waals surface area contributed by atoms with Crippen molar-refractivity contribution >= 4 is 16.7 Å². The third-order valence-corrected chi connectivity index (χ3v) is 6.65. The van der Waals surface area contributed by atoms with E-state index < -0.39 is 0 Å². The van der Waals surface area contributed by atoms with Gasteiger partial charge in [0.05, 0.1) is 30.6 Å². The van der Waals surface area contributed by atoms with Gasteiger partial charge in [-0.1, -0.05) is 72.8 Å². The van der Waals surface area contributed by atoms with Crippen molar-refractivity contribution in [2.75, 3.05) is 19.6 Å². The van der Waals surface area contributed by atoms with E-state index in [-0.39, 0.29) is 18.0 Å². The molecule has 3 aromatic carbocycles. The fraction of sp³-hybridized carbons (Fsp3) is 0.276. The molecule has 0 atom stereocenters. The number of amides is 1. The van der Waals surface area contributed by atoms with Crippen LogP contribution < -0.4 is 10.9 Å². The van der Waals surface area contributed by atoms with Crippen LogP contribution in [0.15, 0.2) is 83.7 Å². The monoisotopic (exact) mass is 466 g/mol. The molecule has 6 nitrogen and oxygen atoms in total. The maximum atomic E-state index is 13.0. The van der Waals surface area contributed by atoms with E-state index in [9.17, 15) is 9.59 Å². The number of aromatic nitrogens is 2. The predicted molar refractivity (Wildman–Crippen MR) is 139 cm³/mol. The van der Waals surface area contributed by atoms with Crippen molar-refractivity contribution in [2.24, 2.45) is 0 Å². The number of nitrogens with zero attached hydrogens (tertiary/aromatic N) is 3. The van der Waals surface area contributed by atoms with Gasteiger partial charge in [0.15, 0.2) is 0 Å². The Hall–Kier alpha value is -3.77. The molecule has 1 saturated heterocycles. The van der Waals surface area contributed by atoms with Gasteiger partial charge in [0.1, 0.15) is 0 Å². The summed E-state index contributed by atoms with van der Waals surface area (Å²) in [6.45, 7) is 3.81. The summed E-state index contributed by atoms with van der Waals surface area (Å²) < 4.78 is 1.56. The first-order chi connectivity index (χ1) is 17.2. The van der Waals surface area contributed by atoms with Crippen molar-refractivity contribution in [3.8, 4) is 11.1 Å². The summed E-state index contributed by atoms with van der Waals surface area (Å²) in [7, 11) is 0. The summed E-state index contributed by atoms with van der Waals surface area (Å²) in [5, 5.41) is 9.09. The zero-order valence-electron chi connectivity index (χ0n) is 19.8. The highest BCUT2D eigenvalue weighted by atomic mass is 16.1. The highest BCUT2D eigenvalue weighted by Crippen LogP contribution is 2.19. The van der Waals surface area contributed by atoms with Crippen LogP contribution in [0.3, 0.4) is 0 Å². The molecule has 0 radical (unpaired) electrons. The van der Waals surface area contributed by atoms with Crippen LogP contribution in [0, 0.1) is 0 Å². The van der Waals surface area contributed by atoms with Gasteiger partial charge in [-0.15, -0.1) is 0 Å². The lowest BCUT2D eigenvalue weighted by Gasteiger charge is -2.16. The number of carbonyl (C=O) groups is 1. The Kier molecular flexibility index (Phi) is 7.00. The largest absolute Gasteiger partial charge is 0.350 e. The molecule has 0 aliphatic carbocycles. The molecule has 0 saturated carbocycles. The lowest BCUT2D eigenvalue weighted by Crippen LogP contribution is -2.33. The maximum absolute atomic E-state index is 13.0. The summed E-state index contributed by atoms with van der Waals surface area (Å²) in [6.07, 6.45) is 2.72. The fourth-order valence-electron chi connectivity index (χ4n) is 4.71. The Morgan fingerprint density at radius 1 is 0.800 bits per heavy atom. The second kappa shape index (κ2) is 10.7. The molecule has 1 amide bonds. The van der Waals surface area contributed by atoms with Crippen LogP contribution in [0.25, 0.3) is 21.9 Å². The van der Waals surface area contributed by atoms with Crippen molar-refractivity contribution < 1.29 is 4.79 Å². The number of fused-ring (bicyclic) bond motifs is 1. The number of nitrogens with one attached hydrogen (secondary N) is 1. The quantitative estimate of drug-likeness (QED) is 0.426. The van der Waals surface area contributed by atoms with Crippen LogP contribution in [-0.4, -0.2) is 40.2 Å². The van der Waals surface area contributed by atoms with Gasteiger partial charge in [-0.2, -0.15) is 5.10 Å². The van der Waals surface area contributed by atoms with Crippen molar-refractivity contribution in [3.63, 3.8) is 0 Å². The number of hydrogen-bond acceptors (Lipinski definition) is 4. The Balaban J connectivity index is 1.27. The van der Waals surface area contributed by atoms with E-state index in [1.165, 1.54) is 12.8 Å². The summed E-state index contributed by atoms with van der Waals surface area (Å²) in [5.41, 5.74) is 3.88. The minimum absolute atomic E-state index is 0.0711. The summed E-state index contributed by atoms with van der Waals surface area (Å²) in [5.74, 6) is -0.0711. The van der Waals surface area contributed by atoms with Crippen LogP contribution in [0.5, 0.6) is 0 Å². The molecule has 178 valence electrons. The van der Waals surface area contributed by atoms with E-state index in [0.717, 1.165) is 47.4 Å². The first-order valence-electron chi connectivity index (χ1n) is 12.3. The number of likely N-dealkylation sites (tertiary alicyclic amines) is 1. The highest BCUT2D eigenvalue weighted by molar-refractivity contribution is 5.84. The molecule has 0 bridgehead atoms. The standard InChI is InChI=1S/C29H30N4O2/c34-28(20-22-12-14-24(15-13-22)23-8-2-1-3-9-23)30-21-27-25-10-4-5-11-26(25)29(35)33(31-27)19-18-32-16-6-7-17-32/h1-5,8-15H,6-7,16-21H2,(H,30,34). The van der Waals surface area contributed by atoms with Crippen molar-refractivity contribution in [3.05, 3.63) is 100 Å². The third kappa shape index (κ3) is 5.49. The van der Waals surface area contributed by atoms with E-state index in [2.05, 4.69) is 27.4 Å². The van der Waals surface area contributed by atoms with E-state index in [0.29, 0.717) is 18.4 Å². The molecule has 1 N–H and O–H groups in total. The lowest BCUT2D eigenvalue weighted by molar-refractivity contribution is -0.120. The number of hydrogen-bond donors (Lipinski definition) is 1. The van der Waals surface area contributed by atoms with Gasteiger partial charge in [0, 0.05) is 11.9 Å². The van der Waals surface area contributed by atoms with Gasteiger partial charge in [0.2, 0.25) is 5.91 Å². The molecule has 2 heterocycles. The van der Waals surface area contributed by atoms with Gasteiger partial charge in [-0.25, -0.2) is 4.68 Å². The Morgan fingerprint density at radius 3 is 2.20 bits per heavy atom. The molecule has 1 aliphatic rings. The van der Waals surface area contributed by atoms with Crippen LogP contribution in [0.4, 0.5) is 0 Å². The Labute approximate surface area is 205 Å². The SMILES string of the molecule is O=C(Cc1ccc(-c2ccccc2)cc1)NCc1nn(CCN2CCCC2)c(=O)c2ccccc12. The predicted octanol–water partition coefficient (Wildman–Crippen LogP) is 4.02. The average Bonchev–Trinajstić information content (AvgIpc) is 3.42. The summed E-state index contributed by atoms with van der Waals surface area (Å²) in [6, 6.07) is 25.8. The van der Waals surface area contributed by atoms with Gasteiger partial charge < -0.3 is 10.2 Å². The summed E-state index contributed by atoms with van der Waals surface area (Å²) in [4.78, 5) is 28.1. The minimum Gasteiger partial charge on any atom is -0.350 e.